The maximum atomic E-state index is 15.4. The quantitative estimate of drug-likeness (QED) is 0.308. The van der Waals surface area contributed by atoms with Gasteiger partial charge in [-0.2, -0.15) is 17.5 Å². The zero-order chi connectivity index (χ0) is 28.5. The number of carbonyl (C=O) groups is 2. The molecule has 2 heterocycles. The molecule has 2 fully saturated rings. The van der Waals surface area contributed by atoms with Crippen molar-refractivity contribution in [1.82, 2.24) is 4.31 Å². The Bertz CT molecular complexity index is 1410. The van der Waals surface area contributed by atoms with Gasteiger partial charge < -0.3 is 20.1 Å². The Labute approximate surface area is 221 Å². The second-order valence-corrected chi connectivity index (χ2v) is 11.0. The van der Waals surface area contributed by atoms with Gasteiger partial charge in [-0.15, -0.1) is 0 Å². The molecular weight excluding hydrogens is 546 g/mol. The van der Waals surface area contributed by atoms with Crippen molar-refractivity contribution in [2.75, 3.05) is 37.5 Å². The second-order valence-electron chi connectivity index (χ2n) is 9.04. The Hall–Kier alpha value is -3.49. The number of fused-ring (bicyclic) bond motifs is 1. The summed E-state index contributed by atoms with van der Waals surface area (Å²) in [6.45, 7) is -0.529. The lowest BCUT2D eigenvalue weighted by molar-refractivity contribution is -0.137. The zero-order valence-corrected chi connectivity index (χ0v) is 21.5. The summed E-state index contributed by atoms with van der Waals surface area (Å²) in [5.74, 6) is -1.92. The number of nitrogens with zero attached hydrogens (tertiary/aromatic N) is 2. The summed E-state index contributed by atoms with van der Waals surface area (Å²) in [6.07, 6.45) is -3.92. The van der Waals surface area contributed by atoms with E-state index in [0.717, 1.165) is 34.6 Å². The van der Waals surface area contributed by atoms with Crippen molar-refractivity contribution in [2.24, 2.45) is 5.73 Å². The molecule has 0 radical (unpaired) electrons. The number of hydrogen-bond acceptors (Lipinski definition) is 7. The Morgan fingerprint density at radius 3 is 2.67 bits per heavy atom. The number of sulfonamides is 1. The molecule has 9 nitrogen and oxygen atoms in total. The van der Waals surface area contributed by atoms with Crippen molar-refractivity contribution in [3.63, 3.8) is 0 Å². The van der Waals surface area contributed by atoms with E-state index in [1.807, 2.05) is 0 Å². The molecule has 2 N–H and O–H groups in total. The average molecular weight is 572 g/mol. The van der Waals surface area contributed by atoms with Crippen LogP contribution in [0.1, 0.15) is 12.0 Å². The number of allylic oxidation sites excluding steroid dienone is 1. The normalized spacial score (nSPS) is 21.0. The van der Waals surface area contributed by atoms with Crippen LogP contribution in [-0.2, 0) is 30.5 Å². The molecule has 4 rings (SSSR count). The van der Waals surface area contributed by atoms with Gasteiger partial charge in [0, 0.05) is 30.4 Å². The highest BCUT2D eigenvalue weighted by Gasteiger charge is 2.44. The van der Waals surface area contributed by atoms with E-state index in [1.165, 1.54) is 24.1 Å². The summed E-state index contributed by atoms with van der Waals surface area (Å²) in [7, 11) is -2.61. The largest absolute Gasteiger partial charge is 0.495 e. The first-order valence-electron chi connectivity index (χ1n) is 11.7. The molecule has 2 aromatic carbocycles. The van der Waals surface area contributed by atoms with Gasteiger partial charge in [-0.1, -0.05) is 12.1 Å². The van der Waals surface area contributed by atoms with Crippen molar-refractivity contribution in [3.8, 4) is 16.9 Å². The van der Waals surface area contributed by atoms with Crippen molar-refractivity contribution in [3.05, 3.63) is 59.6 Å². The van der Waals surface area contributed by atoms with Crippen molar-refractivity contribution in [2.45, 2.75) is 24.7 Å². The van der Waals surface area contributed by atoms with Gasteiger partial charge in [0.2, 0.25) is 10.0 Å². The van der Waals surface area contributed by atoms with Crippen LogP contribution >= 0.6 is 0 Å². The average Bonchev–Trinajstić information content (AvgIpc) is 2.87. The number of halogens is 4. The van der Waals surface area contributed by atoms with Crippen molar-refractivity contribution >= 4 is 27.9 Å². The molecule has 39 heavy (non-hydrogen) atoms. The summed E-state index contributed by atoms with van der Waals surface area (Å²) in [5, 5.41) is 0. The van der Waals surface area contributed by atoms with Crippen LogP contribution in [0.4, 0.5) is 23.2 Å². The molecule has 2 aliphatic heterocycles. The summed E-state index contributed by atoms with van der Waals surface area (Å²) in [5.41, 5.74) is 4.38. The third-order valence-electron chi connectivity index (χ3n) is 6.56. The van der Waals surface area contributed by atoms with Gasteiger partial charge in [0.15, 0.2) is 0 Å². The van der Waals surface area contributed by atoms with Gasteiger partial charge in [-0.25, -0.2) is 12.8 Å². The number of anilines is 1. The third-order valence-corrected chi connectivity index (χ3v) is 8.38. The fourth-order valence-corrected chi connectivity index (χ4v) is 6.21. The standard InChI is InChI=1S/C25H25F4N3O6S/c1-37-22-10-18(15-3-2-4-16(9-15)25(27,28)29)19(26)11-21(22)32-20-5-7-31(12-23(20)38-13-24(32)34)39(35,36)14-17(30)6-8-33/h2-4,6,8-11,20,23H,5,7,12-14,30H2,1H3/t20-,23-/m1/s1. The minimum absolute atomic E-state index is 0.00186. The molecule has 2 aromatic rings. The predicted molar refractivity (Wildman–Crippen MR) is 133 cm³/mol. The molecule has 2 saturated heterocycles. The highest BCUT2D eigenvalue weighted by atomic mass is 32.2. The van der Waals surface area contributed by atoms with Crippen LogP contribution in [0.5, 0.6) is 5.75 Å². The van der Waals surface area contributed by atoms with Crippen molar-refractivity contribution in [1.29, 1.82) is 0 Å². The number of aldehydes is 1. The number of methoxy groups -OCH3 is 1. The summed E-state index contributed by atoms with van der Waals surface area (Å²) in [6, 6.07) is 5.75. The predicted octanol–water partition coefficient (Wildman–Crippen LogP) is 2.70. The molecule has 0 spiro atoms. The number of benzene rings is 2. The number of piperidine rings is 1. The Kier molecular flexibility index (Phi) is 8.00. The lowest BCUT2D eigenvalue weighted by atomic mass is 9.97. The SMILES string of the molecule is COc1cc(-c2cccc(C(F)(F)F)c2)c(F)cc1N1C(=O)CO[C@@H]2CN(S(=O)(=O)CC(N)=CC=O)CC[C@H]21. The number of hydrogen-bond donors (Lipinski definition) is 1. The monoisotopic (exact) mass is 571 g/mol. The Morgan fingerprint density at radius 1 is 1.26 bits per heavy atom. The van der Waals surface area contributed by atoms with E-state index in [9.17, 15) is 31.2 Å². The molecule has 0 unspecified atom stereocenters. The van der Waals surface area contributed by atoms with Crippen LogP contribution in [0.15, 0.2) is 48.2 Å². The van der Waals surface area contributed by atoms with Gasteiger partial charge in [0.25, 0.3) is 5.91 Å². The molecule has 0 bridgehead atoms. The fraction of sp³-hybridized carbons (Fsp3) is 0.360. The van der Waals surface area contributed by atoms with E-state index in [1.54, 1.807) is 0 Å². The maximum absolute atomic E-state index is 15.4. The zero-order valence-electron chi connectivity index (χ0n) is 20.7. The number of morpholine rings is 1. The highest BCUT2D eigenvalue weighted by Crippen LogP contribution is 2.41. The number of rotatable bonds is 7. The third kappa shape index (κ3) is 5.92. The number of nitrogens with two attached hydrogens (primary N) is 1. The van der Waals surface area contributed by atoms with Gasteiger partial charge in [-0.3, -0.25) is 9.59 Å². The molecule has 2 aliphatic rings. The van der Waals surface area contributed by atoms with E-state index in [-0.39, 0.29) is 47.8 Å². The maximum Gasteiger partial charge on any atom is 0.416 e. The molecular formula is C25H25F4N3O6S. The van der Waals surface area contributed by atoms with Gasteiger partial charge in [-0.05, 0) is 36.3 Å². The van der Waals surface area contributed by atoms with Crippen LogP contribution in [0.25, 0.3) is 11.1 Å². The van der Waals surface area contributed by atoms with E-state index >= 15 is 4.39 Å². The van der Waals surface area contributed by atoms with Gasteiger partial charge in [0.1, 0.15) is 30.2 Å². The van der Waals surface area contributed by atoms with Crippen LogP contribution in [0.3, 0.4) is 0 Å². The van der Waals surface area contributed by atoms with E-state index < -0.39 is 58.0 Å². The van der Waals surface area contributed by atoms with Crippen LogP contribution < -0.4 is 15.4 Å². The summed E-state index contributed by atoms with van der Waals surface area (Å²) in [4.78, 5) is 24.8. The molecule has 2 atom stereocenters. The molecule has 0 aliphatic carbocycles. The lowest BCUT2D eigenvalue weighted by Gasteiger charge is -2.46. The molecule has 0 aromatic heterocycles. The molecule has 1 amide bonds. The fourth-order valence-electron chi connectivity index (χ4n) is 4.75. The minimum atomic E-state index is -4.62. The first-order chi connectivity index (χ1) is 18.4. The Morgan fingerprint density at radius 2 is 2.00 bits per heavy atom. The molecule has 14 heteroatoms. The van der Waals surface area contributed by atoms with Crippen LogP contribution in [0.2, 0.25) is 0 Å². The summed E-state index contributed by atoms with van der Waals surface area (Å²) < 4.78 is 92.7. The van der Waals surface area contributed by atoms with Gasteiger partial charge in [0.05, 0.1) is 30.5 Å². The number of carbonyl (C=O) groups excluding carboxylic acids is 2. The van der Waals surface area contributed by atoms with Crippen LogP contribution in [-0.4, -0.2) is 69.6 Å². The van der Waals surface area contributed by atoms with E-state index in [2.05, 4.69) is 0 Å². The second kappa shape index (κ2) is 10.9. The first-order valence-corrected chi connectivity index (χ1v) is 13.3. The topological polar surface area (TPSA) is 119 Å². The van der Waals surface area contributed by atoms with Crippen molar-refractivity contribution < 1.29 is 45.0 Å². The first kappa shape index (κ1) is 28.5. The van der Waals surface area contributed by atoms with E-state index in [0.29, 0.717) is 6.29 Å². The highest BCUT2D eigenvalue weighted by molar-refractivity contribution is 7.89. The Balaban J connectivity index is 1.65. The van der Waals surface area contributed by atoms with Gasteiger partial charge >= 0.3 is 6.18 Å². The minimum Gasteiger partial charge on any atom is -0.495 e. The summed E-state index contributed by atoms with van der Waals surface area (Å²) >= 11 is 0. The van der Waals surface area contributed by atoms with E-state index in [4.69, 9.17) is 15.2 Å². The number of amides is 1. The smallest absolute Gasteiger partial charge is 0.416 e. The number of alkyl halides is 3. The number of ether oxygens (including phenoxy) is 2. The molecule has 0 saturated carbocycles. The lowest BCUT2D eigenvalue weighted by Crippen LogP contribution is -2.62. The molecule has 210 valence electrons. The van der Waals surface area contributed by atoms with Crippen LogP contribution in [0, 0.1) is 5.82 Å².